The molecule has 82 valence electrons. The number of anilines is 1. The molecular weight excluding hydrogens is 198 g/mol. The molecule has 2 nitrogen and oxygen atoms in total. The first-order chi connectivity index (χ1) is 7.22. The van der Waals surface area contributed by atoms with Gasteiger partial charge in [0, 0.05) is 13.1 Å². The number of nitrogens with zero attached hydrogens (tertiary/aromatic N) is 1. The number of para-hydroxylation sites is 1. The van der Waals surface area contributed by atoms with E-state index in [1.54, 1.807) is 4.90 Å². The molecule has 1 aromatic rings. The Kier molecular flexibility index (Phi) is 2.86. The van der Waals surface area contributed by atoms with Gasteiger partial charge in [-0.2, -0.15) is 0 Å². The summed E-state index contributed by atoms with van der Waals surface area (Å²) in [5, 5.41) is 0. The average molecular weight is 212 g/mol. The number of halogens is 2. The van der Waals surface area contributed by atoms with Crippen LogP contribution < -0.4 is 10.6 Å². The Labute approximate surface area is 87.7 Å². The molecule has 1 fully saturated rings. The van der Waals surface area contributed by atoms with E-state index in [0.717, 1.165) is 6.42 Å². The first-order valence-electron chi connectivity index (χ1n) is 5.11. The fourth-order valence-corrected chi connectivity index (χ4v) is 2.02. The van der Waals surface area contributed by atoms with Crippen molar-refractivity contribution in [3.05, 3.63) is 29.8 Å². The molecule has 1 aliphatic heterocycles. The number of hydrogen-bond acceptors (Lipinski definition) is 2. The molecule has 2 N–H and O–H groups in total. The molecule has 0 bridgehead atoms. The maximum Gasteiger partial charge on any atom is 0.149 e. The van der Waals surface area contributed by atoms with Crippen LogP contribution in [0.2, 0.25) is 0 Å². The van der Waals surface area contributed by atoms with E-state index >= 15 is 0 Å². The fourth-order valence-electron chi connectivity index (χ4n) is 2.02. The molecule has 0 radical (unpaired) electrons. The van der Waals surface area contributed by atoms with Crippen molar-refractivity contribution in [2.24, 2.45) is 11.7 Å². The SMILES string of the molecule is NCC1CCN(c2c(F)cccc2F)C1. The van der Waals surface area contributed by atoms with Gasteiger partial charge in [-0.1, -0.05) is 6.07 Å². The lowest BCUT2D eigenvalue weighted by molar-refractivity contribution is 0.571. The third kappa shape index (κ3) is 1.95. The zero-order valence-electron chi connectivity index (χ0n) is 8.42. The fraction of sp³-hybridized carbons (Fsp3) is 0.455. The molecule has 4 heteroatoms. The maximum atomic E-state index is 13.4. The molecule has 0 saturated carbocycles. The second kappa shape index (κ2) is 4.14. The Morgan fingerprint density at radius 1 is 1.33 bits per heavy atom. The van der Waals surface area contributed by atoms with Gasteiger partial charge in [0.05, 0.1) is 0 Å². The maximum absolute atomic E-state index is 13.4. The summed E-state index contributed by atoms with van der Waals surface area (Å²) in [6.45, 7) is 1.90. The lowest BCUT2D eigenvalue weighted by Crippen LogP contribution is -2.24. The quantitative estimate of drug-likeness (QED) is 0.809. The first kappa shape index (κ1) is 10.4. The zero-order chi connectivity index (χ0) is 10.8. The van der Waals surface area contributed by atoms with Crippen LogP contribution in [-0.2, 0) is 0 Å². The number of hydrogen-bond donors (Lipinski definition) is 1. The van der Waals surface area contributed by atoms with E-state index in [1.807, 2.05) is 0 Å². The van der Waals surface area contributed by atoms with E-state index in [-0.39, 0.29) is 5.69 Å². The van der Waals surface area contributed by atoms with Gasteiger partial charge in [-0.05, 0) is 31.0 Å². The van der Waals surface area contributed by atoms with Gasteiger partial charge in [0.15, 0.2) is 0 Å². The summed E-state index contributed by atoms with van der Waals surface area (Å²) in [6, 6.07) is 3.95. The van der Waals surface area contributed by atoms with Crippen molar-refractivity contribution in [3.8, 4) is 0 Å². The predicted octanol–water partition coefficient (Wildman–Crippen LogP) is 1.75. The van der Waals surface area contributed by atoms with E-state index in [9.17, 15) is 8.78 Å². The summed E-state index contributed by atoms with van der Waals surface area (Å²) >= 11 is 0. The molecule has 0 aliphatic carbocycles. The second-order valence-electron chi connectivity index (χ2n) is 3.91. The number of nitrogens with two attached hydrogens (primary N) is 1. The molecule has 1 unspecified atom stereocenters. The van der Waals surface area contributed by atoms with Crippen molar-refractivity contribution >= 4 is 5.69 Å². The Morgan fingerprint density at radius 3 is 2.53 bits per heavy atom. The van der Waals surface area contributed by atoms with Gasteiger partial charge >= 0.3 is 0 Å². The molecule has 0 amide bonds. The summed E-state index contributed by atoms with van der Waals surface area (Å²) < 4.78 is 26.8. The van der Waals surface area contributed by atoms with Crippen molar-refractivity contribution in [1.82, 2.24) is 0 Å². The van der Waals surface area contributed by atoms with Crippen LogP contribution in [0, 0.1) is 17.6 Å². The van der Waals surface area contributed by atoms with Gasteiger partial charge in [0.25, 0.3) is 0 Å². The summed E-state index contributed by atoms with van der Waals surface area (Å²) in [6.07, 6.45) is 0.907. The van der Waals surface area contributed by atoms with E-state index in [4.69, 9.17) is 5.73 Å². The standard InChI is InChI=1S/C11H14F2N2/c12-9-2-1-3-10(13)11(9)15-5-4-8(6-14)7-15/h1-3,8H,4-7,14H2. The molecule has 0 aromatic heterocycles. The van der Waals surface area contributed by atoms with Crippen LogP contribution in [-0.4, -0.2) is 19.6 Å². The highest BCUT2D eigenvalue weighted by atomic mass is 19.1. The Balaban J connectivity index is 2.23. The topological polar surface area (TPSA) is 29.3 Å². The molecule has 1 aliphatic rings. The normalized spacial score (nSPS) is 21.0. The first-order valence-corrected chi connectivity index (χ1v) is 5.11. The van der Waals surface area contributed by atoms with E-state index < -0.39 is 11.6 Å². The van der Waals surface area contributed by atoms with Crippen LogP contribution in [0.5, 0.6) is 0 Å². The van der Waals surface area contributed by atoms with Gasteiger partial charge in [0.2, 0.25) is 0 Å². The lowest BCUT2D eigenvalue weighted by atomic mass is 10.1. The second-order valence-corrected chi connectivity index (χ2v) is 3.91. The number of benzene rings is 1. The van der Waals surface area contributed by atoms with E-state index in [2.05, 4.69) is 0 Å². The summed E-state index contributed by atoms with van der Waals surface area (Å²) in [7, 11) is 0. The lowest BCUT2D eigenvalue weighted by Gasteiger charge is -2.19. The third-order valence-corrected chi connectivity index (χ3v) is 2.87. The van der Waals surface area contributed by atoms with Crippen molar-refractivity contribution < 1.29 is 8.78 Å². The minimum atomic E-state index is -0.493. The van der Waals surface area contributed by atoms with Gasteiger partial charge in [-0.15, -0.1) is 0 Å². The highest BCUT2D eigenvalue weighted by Gasteiger charge is 2.25. The largest absolute Gasteiger partial charge is 0.366 e. The van der Waals surface area contributed by atoms with Crippen LogP contribution in [0.4, 0.5) is 14.5 Å². The minimum Gasteiger partial charge on any atom is -0.366 e. The zero-order valence-corrected chi connectivity index (χ0v) is 8.42. The van der Waals surface area contributed by atoms with Gasteiger partial charge in [-0.25, -0.2) is 8.78 Å². The molecule has 15 heavy (non-hydrogen) atoms. The Morgan fingerprint density at radius 2 is 2.00 bits per heavy atom. The van der Waals surface area contributed by atoms with Crippen LogP contribution in [0.25, 0.3) is 0 Å². The van der Waals surface area contributed by atoms with Gasteiger partial charge in [0.1, 0.15) is 17.3 Å². The predicted molar refractivity (Wildman–Crippen MR) is 55.7 cm³/mol. The monoisotopic (exact) mass is 212 g/mol. The average Bonchev–Trinajstić information content (AvgIpc) is 2.66. The van der Waals surface area contributed by atoms with Crippen molar-refractivity contribution in [2.75, 3.05) is 24.5 Å². The van der Waals surface area contributed by atoms with Gasteiger partial charge < -0.3 is 10.6 Å². The molecular formula is C11H14F2N2. The summed E-state index contributed by atoms with van der Waals surface area (Å²) in [4.78, 5) is 1.74. The summed E-state index contributed by atoms with van der Waals surface area (Å²) in [5.41, 5.74) is 5.63. The third-order valence-electron chi connectivity index (χ3n) is 2.87. The van der Waals surface area contributed by atoms with Crippen molar-refractivity contribution in [3.63, 3.8) is 0 Å². The van der Waals surface area contributed by atoms with E-state index in [0.29, 0.717) is 25.6 Å². The molecule has 1 aromatic carbocycles. The van der Waals surface area contributed by atoms with Crippen LogP contribution in [0.1, 0.15) is 6.42 Å². The van der Waals surface area contributed by atoms with Crippen LogP contribution in [0.15, 0.2) is 18.2 Å². The summed E-state index contributed by atoms with van der Waals surface area (Å²) in [5.74, 6) is -0.635. The van der Waals surface area contributed by atoms with Gasteiger partial charge in [-0.3, -0.25) is 0 Å². The molecule has 1 saturated heterocycles. The molecule has 1 heterocycles. The Bertz CT molecular complexity index is 334. The molecule has 2 rings (SSSR count). The molecule has 0 spiro atoms. The van der Waals surface area contributed by atoms with Crippen molar-refractivity contribution in [2.45, 2.75) is 6.42 Å². The molecule has 1 atom stereocenters. The Hall–Kier alpha value is -1.16. The van der Waals surface area contributed by atoms with Crippen molar-refractivity contribution in [1.29, 1.82) is 0 Å². The highest BCUT2D eigenvalue weighted by molar-refractivity contribution is 5.50. The number of rotatable bonds is 2. The smallest absolute Gasteiger partial charge is 0.149 e. The minimum absolute atomic E-state index is 0.0912. The van der Waals surface area contributed by atoms with Crippen LogP contribution >= 0.6 is 0 Å². The highest BCUT2D eigenvalue weighted by Crippen LogP contribution is 2.28. The van der Waals surface area contributed by atoms with E-state index in [1.165, 1.54) is 18.2 Å². The van der Waals surface area contributed by atoms with Crippen LogP contribution in [0.3, 0.4) is 0 Å².